The van der Waals surface area contributed by atoms with Crippen molar-refractivity contribution < 1.29 is 19.4 Å². The molecule has 0 saturated carbocycles. The monoisotopic (exact) mass is 606 g/mol. The van der Waals surface area contributed by atoms with E-state index in [1.807, 2.05) is 49.4 Å². The quantitative estimate of drug-likeness (QED) is 0.282. The number of hydrogen-bond donors (Lipinski definition) is 2. The maximum Gasteiger partial charge on any atom is 0.269 e. The second kappa shape index (κ2) is 12.8. The highest BCUT2D eigenvalue weighted by Gasteiger charge is 2.11. The summed E-state index contributed by atoms with van der Waals surface area (Å²) in [5.41, 5.74) is 3.39. The molecule has 0 spiro atoms. The number of ketones is 1. The molecule has 4 aromatic rings. The van der Waals surface area contributed by atoms with Crippen molar-refractivity contribution in [3.8, 4) is 5.75 Å². The third kappa shape index (κ3) is 7.20. The number of thiazole rings is 1. The van der Waals surface area contributed by atoms with Gasteiger partial charge in [0.15, 0.2) is 5.78 Å². The van der Waals surface area contributed by atoms with Crippen molar-refractivity contribution >= 4 is 56.8 Å². The Morgan fingerprint density at radius 2 is 1.90 bits per heavy atom. The van der Waals surface area contributed by atoms with E-state index in [0.717, 1.165) is 21.2 Å². The fraction of sp³-hybridized carbons (Fsp3) is 0.167. The van der Waals surface area contributed by atoms with Gasteiger partial charge in [0.1, 0.15) is 17.0 Å². The molecule has 0 saturated heterocycles. The topological polar surface area (TPSA) is 97.6 Å². The molecule has 3 aromatic carbocycles. The first-order valence-corrected chi connectivity index (χ1v) is 13.8. The number of nitrogens with one attached hydrogen (secondary N) is 1. The second-order valence-electron chi connectivity index (χ2n) is 8.80. The van der Waals surface area contributed by atoms with Gasteiger partial charge in [-0.1, -0.05) is 58.4 Å². The lowest BCUT2D eigenvalue weighted by Gasteiger charge is -2.07. The highest BCUT2D eigenvalue weighted by Crippen LogP contribution is 2.23. The third-order valence-corrected chi connectivity index (χ3v) is 7.55. The molecule has 0 aliphatic heterocycles. The molecule has 0 atom stereocenters. The summed E-state index contributed by atoms with van der Waals surface area (Å²) in [7, 11) is 0. The minimum Gasteiger partial charge on any atom is -0.491 e. The lowest BCUT2D eigenvalue weighted by molar-refractivity contribution is -0.114. The molecule has 39 heavy (non-hydrogen) atoms. The van der Waals surface area contributed by atoms with Gasteiger partial charge in [-0.25, -0.2) is 0 Å². The number of Topliss-reactive ketones (excluding diaryl/α,β-unsaturated/α-hetero) is 1. The van der Waals surface area contributed by atoms with Gasteiger partial charge in [-0.3, -0.25) is 19.0 Å². The molecule has 0 bridgehead atoms. The summed E-state index contributed by atoms with van der Waals surface area (Å²) < 4.78 is 8.73. The minimum absolute atomic E-state index is 0.0888. The summed E-state index contributed by atoms with van der Waals surface area (Å²) >= 11 is 4.77. The van der Waals surface area contributed by atoms with Crippen LogP contribution < -0.4 is 24.8 Å². The van der Waals surface area contributed by atoms with Crippen LogP contribution in [0.1, 0.15) is 34.0 Å². The van der Waals surface area contributed by atoms with Crippen molar-refractivity contribution in [1.29, 1.82) is 0 Å². The van der Waals surface area contributed by atoms with E-state index in [0.29, 0.717) is 26.2 Å². The van der Waals surface area contributed by atoms with Gasteiger partial charge in [-0.15, -0.1) is 11.3 Å². The van der Waals surface area contributed by atoms with Gasteiger partial charge < -0.3 is 15.2 Å². The van der Waals surface area contributed by atoms with E-state index in [-0.39, 0.29) is 37.0 Å². The Kier molecular flexibility index (Phi) is 9.29. The van der Waals surface area contributed by atoms with Gasteiger partial charge in [0, 0.05) is 28.7 Å². The highest BCUT2D eigenvalue weighted by atomic mass is 79.9. The fourth-order valence-corrected chi connectivity index (χ4v) is 5.49. The lowest BCUT2D eigenvalue weighted by atomic mass is 10.1. The number of hydrogen-bond acceptors (Lipinski definition) is 6. The van der Waals surface area contributed by atoms with Crippen molar-refractivity contribution in [1.82, 2.24) is 4.57 Å². The van der Waals surface area contributed by atoms with E-state index in [1.165, 1.54) is 24.3 Å². The first kappa shape index (κ1) is 28.2. The predicted octanol–water partition coefficient (Wildman–Crippen LogP) is 3.85. The zero-order valence-electron chi connectivity index (χ0n) is 21.4. The number of anilines is 1. The fourth-order valence-electron chi connectivity index (χ4n) is 3.98. The van der Waals surface area contributed by atoms with Gasteiger partial charge in [-0.05, 0) is 54.0 Å². The number of carbonyl (C=O) groups excluding carboxylic acids is 2. The number of aliphatic hydroxyl groups excluding tert-OH is 1. The lowest BCUT2D eigenvalue weighted by Crippen LogP contribution is -2.32. The Labute approximate surface area is 237 Å². The number of aliphatic hydroxyl groups is 1. The molecule has 1 heterocycles. The maximum absolute atomic E-state index is 13.6. The molecule has 7 nitrogen and oxygen atoms in total. The van der Waals surface area contributed by atoms with Crippen molar-refractivity contribution in [3.05, 3.63) is 113 Å². The molecule has 4 rings (SSSR count). The Hall–Kier alpha value is -3.79. The zero-order valence-corrected chi connectivity index (χ0v) is 23.8. The van der Waals surface area contributed by atoms with Crippen LogP contribution in [0.3, 0.4) is 0 Å². The van der Waals surface area contributed by atoms with Gasteiger partial charge in [0.25, 0.3) is 5.56 Å². The van der Waals surface area contributed by atoms with Crippen LogP contribution in [0.25, 0.3) is 12.2 Å². The summed E-state index contributed by atoms with van der Waals surface area (Å²) in [4.78, 5) is 38.4. The number of ether oxygens (including phenoxy) is 1. The summed E-state index contributed by atoms with van der Waals surface area (Å²) in [5, 5.41) is 11.8. The maximum atomic E-state index is 13.6. The van der Waals surface area contributed by atoms with Crippen LogP contribution in [0.4, 0.5) is 5.69 Å². The standard InChI is InChI=1S/C30H27BrN2O5S/c1-19-6-3-4-9-25(19)27(36)17-29-33(18-21-7-5-8-23(14-21)32-20(2)35)30(37)28(39-29)15-22-10-11-24(16-26(22)31)38-13-12-34/h3-11,14-17,34H,12-13,18H2,1-2H3,(H,32,35)/b28-15-,29-17+. The van der Waals surface area contributed by atoms with Crippen molar-refractivity contribution in [3.63, 3.8) is 0 Å². The van der Waals surface area contributed by atoms with Crippen LogP contribution in [-0.2, 0) is 11.3 Å². The van der Waals surface area contributed by atoms with Crippen molar-refractivity contribution in [2.45, 2.75) is 20.4 Å². The summed E-state index contributed by atoms with van der Waals surface area (Å²) in [5.74, 6) is 0.217. The Morgan fingerprint density at radius 3 is 2.62 bits per heavy atom. The van der Waals surface area contributed by atoms with E-state index in [9.17, 15) is 14.4 Å². The number of halogens is 1. The first-order chi connectivity index (χ1) is 18.7. The number of amides is 1. The second-order valence-corrected chi connectivity index (χ2v) is 10.7. The van der Waals surface area contributed by atoms with Crippen LogP contribution in [0.2, 0.25) is 0 Å². The summed E-state index contributed by atoms with van der Waals surface area (Å²) in [6.45, 7) is 3.63. The Balaban J connectivity index is 1.82. The van der Waals surface area contributed by atoms with Crippen LogP contribution in [0.5, 0.6) is 5.75 Å². The summed E-state index contributed by atoms with van der Waals surface area (Å²) in [6, 6.07) is 20.0. The molecule has 1 amide bonds. The van der Waals surface area contributed by atoms with Crippen LogP contribution in [-0.4, -0.2) is 34.6 Å². The number of benzene rings is 3. The Bertz CT molecular complexity index is 1710. The first-order valence-electron chi connectivity index (χ1n) is 12.2. The molecule has 0 aliphatic rings. The molecular weight excluding hydrogens is 580 g/mol. The van der Waals surface area contributed by atoms with E-state index >= 15 is 0 Å². The van der Waals surface area contributed by atoms with Crippen LogP contribution in [0, 0.1) is 6.92 Å². The minimum atomic E-state index is -0.235. The largest absolute Gasteiger partial charge is 0.491 e. The van der Waals surface area contributed by atoms with Crippen LogP contribution in [0.15, 0.2) is 76.0 Å². The molecule has 0 radical (unpaired) electrons. The SMILES string of the molecule is CC(=O)Nc1cccc(Cn2c(=O)/c(=C/c3ccc(OCCO)cc3Br)s/c2=C/C(=O)c2ccccc2C)c1. The molecule has 0 fully saturated rings. The van der Waals surface area contributed by atoms with E-state index < -0.39 is 0 Å². The molecular formula is C30H27BrN2O5S. The van der Waals surface area contributed by atoms with E-state index in [1.54, 1.807) is 34.9 Å². The van der Waals surface area contributed by atoms with Gasteiger partial charge in [0.05, 0.1) is 17.7 Å². The smallest absolute Gasteiger partial charge is 0.269 e. The van der Waals surface area contributed by atoms with Crippen molar-refractivity contribution in [2.75, 3.05) is 18.5 Å². The molecule has 200 valence electrons. The summed E-state index contributed by atoms with van der Waals surface area (Å²) in [6.07, 6.45) is 3.27. The van der Waals surface area contributed by atoms with Gasteiger partial charge in [-0.2, -0.15) is 0 Å². The van der Waals surface area contributed by atoms with Crippen LogP contribution >= 0.6 is 27.3 Å². The zero-order chi connectivity index (χ0) is 27.9. The number of nitrogens with zero attached hydrogens (tertiary/aromatic N) is 1. The molecule has 2 N–H and O–H groups in total. The normalized spacial score (nSPS) is 12.0. The highest BCUT2D eigenvalue weighted by molar-refractivity contribution is 9.10. The van der Waals surface area contributed by atoms with Gasteiger partial charge in [0.2, 0.25) is 5.91 Å². The number of aromatic nitrogens is 1. The van der Waals surface area contributed by atoms with Crippen molar-refractivity contribution in [2.24, 2.45) is 0 Å². The number of carbonyl (C=O) groups is 2. The predicted molar refractivity (Wildman–Crippen MR) is 158 cm³/mol. The molecule has 0 aliphatic carbocycles. The number of aryl methyl sites for hydroxylation is 1. The molecule has 1 aromatic heterocycles. The average molecular weight is 608 g/mol. The third-order valence-electron chi connectivity index (χ3n) is 5.81. The Morgan fingerprint density at radius 1 is 1.10 bits per heavy atom. The van der Waals surface area contributed by atoms with E-state index in [4.69, 9.17) is 9.84 Å². The number of rotatable bonds is 9. The average Bonchev–Trinajstić information content (AvgIpc) is 3.17. The van der Waals surface area contributed by atoms with Gasteiger partial charge >= 0.3 is 0 Å². The molecule has 0 unspecified atom stereocenters. The molecule has 9 heteroatoms. The van der Waals surface area contributed by atoms with E-state index in [2.05, 4.69) is 21.2 Å².